The van der Waals surface area contributed by atoms with E-state index in [0.29, 0.717) is 16.2 Å². The molecule has 0 amide bonds. The average Bonchev–Trinajstić information content (AvgIpc) is 2.79. The van der Waals surface area contributed by atoms with Crippen LogP contribution in [0.5, 0.6) is 5.88 Å². The molecule has 2 heterocycles. The molecule has 0 fully saturated rings. The van der Waals surface area contributed by atoms with Crippen LogP contribution in [0.4, 0.5) is 0 Å². The number of halogens is 1. The van der Waals surface area contributed by atoms with E-state index in [0.717, 1.165) is 17.5 Å². The Morgan fingerprint density at radius 3 is 3.00 bits per heavy atom. The van der Waals surface area contributed by atoms with E-state index in [1.165, 1.54) is 0 Å². The molecule has 0 aliphatic heterocycles. The van der Waals surface area contributed by atoms with Crippen LogP contribution in [-0.2, 0) is 6.42 Å². The van der Waals surface area contributed by atoms with Crippen molar-refractivity contribution in [3.8, 4) is 5.88 Å². The van der Waals surface area contributed by atoms with E-state index in [9.17, 15) is 5.11 Å². The number of hydrogen-bond acceptors (Lipinski definition) is 4. The van der Waals surface area contributed by atoms with Gasteiger partial charge in [0.25, 0.3) is 5.88 Å². The summed E-state index contributed by atoms with van der Waals surface area (Å²) in [5, 5.41) is 18.0. The van der Waals surface area contributed by atoms with Gasteiger partial charge in [-0.15, -0.1) is 10.2 Å². The summed E-state index contributed by atoms with van der Waals surface area (Å²) in [5.74, 6) is -0.132. The Kier molecular flexibility index (Phi) is 2.16. The van der Waals surface area contributed by atoms with Gasteiger partial charge in [-0.05, 0) is 24.1 Å². The highest BCUT2D eigenvalue weighted by Crippen LogP contribution is 2.28. The van der Waals surface area contributed by atoms with Crippen molar-refractivity contribution in [1.82, 2.24) is 19.6 Å². The summed E-state index contributed by atoms with van der Waals surface area (Å²) < 4.78 is 1.70. The van der Waals surface area contributed by atoms with Crippen LogP contribution in [0.2, 0.25) is 5.02 Å². The van der Waals surface area contributed by atoms with E-state index >= 15 is 0 Å². The van der Waals surface area contributed by atoms with Crippen LogP contribution in [0.1, 0.15) is 12.5 Å². The Morgan fingerprint density at radius 1 is 1.41 bits per heavy atom. The Bertz CT molecular complexity index is 722. The molecule has 0 spiro atoms. The zero-order valence-corrected chi connectivity index (χ0v) is 9.81. The Hall–Kier alpha value is -1.88. The normalized spacial score (nSPS) is 11.4. The summed E-state index contributed by atoms with van der Waals surface area (Å²) in [6.45, 7) is 2.00. The van der Waals surface area contributed by atoms with Gasteiger partial charge in [0.2, 0.25) is 5.65 Å². The summed E-state index contributed by atoms with van der Waals surface area (Å²) in [7, 11) is 0. The van der Waals surface area contributed by atoms with E-state index < -0.39 is 0 Å². The SMILES string of the molecule is CCc1c(Cl)ccc2c1nc(O)c1nncn12. The minimum absolute atomic E-state index is 0.132. The number of aromatic nitrogens is 4. The van der Waals surface area contributed by atoms with E-state index in [-0.39, 0.29) is 5.88 Å². The maximum atomic E-state index is 9.79. The third kappa shape index (κ3) is 1.36. The third-order valence-corrected chi connectivity index (χ3v) is 3.14. The first-order valence-electron chi connectivity index (χ1n) is 5.22. The maximum absolute atomic E-state index is 9.79. The van der Waals surface area contributed by atoms with Gasteiger partial charge in [-0.2, -0.15) is 0 Å². The molecule has 6 heteroatoms. The van der Waals surface area contributed by atoms with Crippen molar-refractivity contribution in [2.75, 3.05) is 0 Å². The number of benzene rings is 1. The molecular weight excluding hydrogens is 240 g/mol. The molecular formula is C11H9ClN4O. The lowest BCUT2D eigenvalue weighted by Crippen LogP contribution is -1.96. The number of aryl methyl sites for hydroxylation is 1. The van der Waals surface area contributed by atoms with Crippen LogP contribution in [0.25, 0.3) is 16.7 Å². The highest BCUT2D eigenvalue weighted by Gasteiger charge is 2.13. The molecule has 3 aromatic rings. The van der Waals surface area contributed by atoms with Crippen molar-refractivity contribution >= 4 is 28.3 Å². The number of nitrogens with zero attached hydrogens (tertiary/aromatic N) is 4. The molecule has 1 N–H and O–H groups in total. The van der Waals surface area contributed by atoms with E-state index in [4.69, 9.17) is 11.6 Å². The predicted octanol–water partition coefficient (Wildman–Crippen LogP) is 2.20. The number of aromatic hydroxyl groups is 1. The van der Waals surface area contributed by atoms with Crippen molar-refractivity contribution in [2.24, 2.45) is 0 Å². The first-order valence-corrected chi connectivity index (χ1v) is 5.60. The molecule has 2 aromatic heterocycles. The molecule has 86 valence electrons. The van der Waals surface area contributed by atoms with Crippen LogP contribution in [0.3, 0.4) is 0 Å². The topological polar surface area (TPSA) is 63.3 Å². The number of rotatable bonds is 1. The summed E-state index contributed by atoms with van der Waals surface area (Å²) in [4.78, 5) is 4.16. The fourth-order valence-electron chi connectivity index (χ4n) is 1.97. The molecule has 3 rings (SSSR count). The fraction of sp³-hybridized carbons (Fsp3) is 0.182. The van der Waals surface area contributed by atoms with Crippen LogP contribution < -0.4 is 0 Å². The van der Waals surface area contributed by atoms with Gasteiger partial charge in [-0.3, -0.25) is 4.40 Å². The molecule has 0 aliphatic carbocycles. The lowest BCUT2D eigenvalue weighted by Gasteiger charge is -2.08. The van der Waals surface area contributed by atoms with Crippen molar-refractivity contribution < 1.29 is 5.11 Å². The minimum atomic E-state index is -0.132. The van der Waals surface area contributed by atoms with Crippen molar-refractivity contribution in [3.63, 3.8) is 0 Å². The number of hydrogen-bond donors (Lipinski definition) is 1. The maximum Gasteiger partial charge on any atom is 0.258 e. The summed E-state index contributed by atoms with van der Waals surface area (Å²) in [6.07, 6.45) is 2.29. The second-order valence-electron chi connectivity index (χ2n) is 3.71. The highest BCUT2D eigenvalue weighted by atomic mass is 35.5. The summed E-state index contributed by atoms with van der Waals surface area (Å²) >= 11 is 6.12. The molecule has 0 saturated carbocycles. The van der Waals surface area contributed by atoms with Crippen molar-refractivity contribution in [3.05, 3.63) is 29.0 Å². The van der Waals surface area contributed by atoms with Gasteiger partial charge >= 0.3 is 0 Å². The van der Waals surface area contributed by atoms with Crippen molar-refractivity contribution in [1.29, 1.82) is 0 Å². The van der Waals surface area contributed by atoms with Gasteiger partial charge in [0.15, 0.2) is 0 Å². The van der Waals surface area contributed by atoms with E-state index in [1.807, 2.05) is 19.1 Å². The largest absolute Gasteiger partial charge is 0.491 e. The predicted molar refractivity (Wildman–Crippen MR) is 64.3 cm³/mol. The molecule has 0 radical (unpaired) electrons. The Balaban J connectivity index is 2.57. The van der Waals surface area contributed by atoms with Crippen LogP contribution in [-0.4, -0.2) is 24.7 Å². The minimum Gasteiger partial charge on any atom is -0.491 e. The fourth-order valence-corrected chi connectivity index (χ4v) is 2.26. The second kappa shape index (κ2) is 3.56. The third-order valence-electron chi connectivity index (χ3n) is 2.78. The highest BCUT2D eigenvalue weighted by molar-refractivity contribution is 6.32. The van der Waals surface area contributed by atoms with Gasteiger partial charge in [-0.1, -0.05) is 18.5 Å². The van der Waals surface area contributed by atoms with Crippen molar-refractivity contribution in [2.45, 2.75) is 13.3 Å². The standard InChI is InChI=1S/C11H9ClN4O/c1-2-6-7(12)3-4-8-9(6)14-11(17)10-15-13-5-16(8)10/h3-5H,2H2,1H3,(H,14,17). The summed E-state index contributed by atoms with van der Waals surface area (Å²) in [5.41, 5.74) is 2.78. The molecule has 0 unspecified atom stereocenters. The molecule has 1 aromatic carbocycles. The van der Waals surface area contributed by atoms with E-state index in [2.05, 4.69) is 15.2 Å². The van der Waals surface area contributed by atoms with Gasteiger partial charge in [0.05, 0.1) is 11.0 Å². The lowest BCUT2D eigenvalue weighted by atomic mass is 10.1. The first kappa shape index (κ1) is 10.3. The van der Waals surface area contributed by atoms with Gasteiger partial charge < -0.3 is 5.11 Å². The zero-order valence-electron chi connectivity index (χ0n) is 9.05. The van der Waals surface area contributed by atoms with Gasteiger partial charge in [-0.25, -0.2) is 4.98 Å². The Labute approximate surface area is 102 Å². The zero-order chi connectivity index (χ0) is 12.0. The lowest BCUT2D eigenvalue weighted by molar-refractivity contribution is 0.458. The second-order valence-corrected chi connectivity index (χ2v) is 4.11. The average molecular weight is 249 g/mol. The van der Waals surface area contributed by atoms with E-state index in [1.54, 1.807) is 10.7 Å². The van der Waals surface area contributed by atoms with Crippen LogP contribution in [0.15, 0.2) is 18.5 Å². The molecule has 0 atom stereocenters. The van der Waals surface area contributed by atoms with Crippen LogP contribution >= 0.6 is 11.6 Å². The number of fused-ring (bicyclic) bond motifs is 3. The van der Waals surface area contributed by atoms with Gasteiger partial charge in [0, 0.05) is 5.02 Å². The monoisotopic (exact) mass is 248 g/mol. The molecule has 0 bridgehead atoms. The quantitative estimate of drug-likeness (QED) is 0.717. The molecule has 17 heavy (non-hydrogen) atoms. The molecule has 0 aliphatic rings. The summed E-state index contributed by atoms with van der Waals surface area (Å²) in [6, 6.07) is 3.67. The first-order chi connectivity index (χ1) is 8.22. The Morgan fingerprint density at radius 2 is 2.24 bits per heavy atom. The van der Waals surface area contributed by atoms with Gasteiger partial charge in [0.1, 0.15) is 6.33 Å². The molecule has 0 saturated heterocycles. The molecule has 5 nitrogen and oxygen atoms in total. The smallest absolute Gasteiger partial charge is 0.258 e. The van der Waals surface area contributed by atoms with Crippen LogP contribution in [0, 0.1) is 0 Å².